The molecule has 0 spiro atoms. The van der Waals surface area contributed by atoms with Crippen LogP contribution in [0.15, 0.2) is 53.9 Å². The van der Waals surface area contributed by atoms with Crippen molar-refractivity contribution in [3.63, 3.8) is 0 Å². The molecule has 0 aliphatic heterocycles. The second-order valence-electron chi connectivity index (χ2n) is 5.05. The van der Waals surface area contributed by atoms with E-state index in [0.717, 1.165) is 16.3 Å². The highest BCUT2D eigenvalue weighted by molar-refractivity contribution is 7.09. The molecule has 3 rings (SSSR count). The van der Waals surface area contributed by atoms with Crippen LogP contribution in [0.1, 0.15) is 5.01 Å². The van der Waals surface area contributed by atoms with E-state index in [-0.39, 0.29) is 0 Å². The molecule has 0 radical (unpaired) electrons. The first-order valence-corrected chi connectivity index (χ1v) is 8.64. The Kier molecular flexibility index (Phi) is 5.53. The topological polar surface area (TPSA) is 68.7 Å². The molecule has 0 saturated heterocycles. The summed E-state index contributed by atoms with van der Waals surface area (Å²) in [6.07, 6.45) is 0. The van der Waals surface area contributed by atoms with Crippen LogP contribution in [-0.2, 0) is 11.4 Å². The van der Waals surface area contributed by atoms with Crippen molar-refractivity contribution in [3.8, 4) is 22.8 Å². The Morgan fingerprint density at radius 3 is 2.64 bits per heavy atom. The minimum atomic E-state index is -1.03. The van der Waals surface area contributed by atoms with Gasteiger partial charge in [0.1, 0.15) is 23.1 Å². The summed E-state index contributed by atoms with van der Waals surface area (Å²) in [6, 6.07) is 14.4. The molecule has 0 bridgehead atoms. The first-order chi connectivity index (χ1) is 12.1. The number of hydrogen-bond donors (Lipinski definition) is 1. The number of nitrogens with zero attached hydrogens (tertiary/aromatic N) is 1. The molecule has 0 saturated carbocycles. The van der Waals surface area contributed by atoms with Crippen LogP contribution >= 0.6 is 22.9 Å². The zero-order valence-electron chi connectivity index (χ0n) is 13.0. The van der Waals surface area contributed by atoms with E-state index >= 15 is 0 Å². The second-order valence-corrected chi connectivity index (χ2v) is 6.40. The highest BCUT2D eigenvalue weighted by Gasteiger charge is 2.08. The molecule has 0 unspecified atom stereocenters. The molecule has 0 amide bonds. The van der Waals surface area contributed by atoms with Crippen molar-refractivity contribution in [2.24, 2.45) is 0 Å². The van der Waals surface area contributed by atoms with Gasteiger partial charge in [0.05, 0.1) is 5.69 Å². The molecule has 128 valence electrons. The quantitative estimate of drug-likeness (QED) is 0.658. The summed E-state index contributed by atoms with van der Waals surface area (Å²) >= 11 is 7.68. The molecule has 0 atom stereocenters. The maximum absolute atomic E-state index is 10.5. The van der Waals surface area contributed by atoms with Gasteiger partial charge >= 0.3 is 5.97 Å². The van der Waals surface area contributed by atoms with E-state index in [4.69, 9.17) is 26.2 Å². The lowest BCUT2D eigenvalue weighted by Crippen LogP contribution is -2.09. The van der Waals surface area contributed by atoms with E-state index in [1.807, 2.05) is 29.6 Å². The molecule has 1 aromatic heterocycles. The van der Waals surface area contributed by atoms with Crippen molar-refractivity contribution < 1.29 is 19.4 Å². The van der Waals surface area contributed by atoms with Crippen molar-refractivity contribution in [1.82, 2.24) is 4.98 Å². The normalized spacial score (nSPS) is 10.4. The van der Waals surface area contributed by atoms with E-state index in [2.05, 4.69) is 4.98 Å². The van der Waals surface area contributed by atoms with E-state index in [1.54, 1.807) is 24.3 Å². The molecule has 1 N–H and O–H groups in total. The zero-order valence-corrected chi connectivity index (χ0v) is 14.6. The molecule has 25 heavy (non-hydrogen) atoms. The first kappa shape index (κ1) is 17.3. The minimum Gasteiger partial charge on any atom is -0.486 e. The number of rotatable bonds is 7. The third-order valence-electron chi connectivity index (χ3n) is 3.23. The molecule has 2 aromatic carbocycles. The van der Waals surface area contributed by atoms with Gasteiger partial charge in [-0.1, -0.05) is 35.9 Å². The first-order valence-electron chi connectivity index (χ1n) is 7.38. The van der Waals surface area contributed by atoms with E-state index < -0.39 is 12.6 Å². The Labute approximate surface area is 153 Å². The summed E-state index contributed by atoms with van der Waals surface area (Å²) in [7, 11) is 0. The number of carboxylic acids is 1. The smallest absolute Gasteiger partial charge is 0.341 e. The highest BCUT2D eigenvalue weighted by Crippen LogP contribution is 2.29. The van der Waals surface area contributed by atoms with Gasteiger partial charge in [0.25, 0.3) is 0 Å². The SMILES string of the molecule is O=C(O)COc1cccc(OCc2nc(-c3ccccc3Cl)cs2)c1. The molecule has 5 nitrogen and oxygen atoms in total. The van der Waals surface area contributed by atoms with Crippen LogP contribution in [0.4, 0.5) is 0 Å². The third-order valence-corrected chi connectivity index (χ3v) is 4.38. The Bertz CT molecular complexity index is 881. The Hall–Kier alpha value is -2.57. The molecule has 0 fully saturated rings. The van der Waals surface area contributed by atoms with Crippen molar-refractivity contribution >= 4 is 28.9 Å². The average Bonchev–Trinajstić information content (AvgIpc) is 3.08. The third kappa shape index (κ3) is 4.71. The Balaban J connectivity index is 1.64. The van der Waals surface area contributed by atoms with Crippen LogP contribution in [0.2, 0.25) is 5.02 Å². The molecule has 3 aromatic rings. The summed E-state index contributed by atoms with van der Waals surface area (Å²) in [5.41, 5.74) is 1.70. The number of aliphatic carboxylic acids is 1. The number of aromatic nitrogens is 1. The fourth-order valence-electron chi connectivity index (χ4n) is 2.11. The summed E-state index contributed by atoms with van der Waals surface area (Å²) in [5.74, 6) is -0.00520. The minimum absolute atomic E-state index is 0.303. The Morgan fingerprint density at radius 2 is 1.88 bits per heavy atom. The monoisotopic (exact) mass is 375 g/mol. The lowest BCUT2D eigenvalue weighted by Gasteiger charge is -2.07. The van der Waals surface area contributed by atoms with Crippen LogP contribution in [-0.4, -0.2) is 22.7 Å². The predicted octanol–water partition coefficient (Wildman–Crippen LogP) is 4.51. The van der Waals surface area contributed by atoms with Gasteiger partial charge in [0.2, 0.25) is 0 Å². The number of halogens is 1. The summed E-state index contributed by atoms with van der Waals surface area (Å²) in [6.45, 7) is -0.0887. The van der Waals surface area contributed by atoms with Gasteiger partial charge in [0, 0.05) is 22.0 Å². The van der Waals surface area contributed by atoms with E-state index in [0.29, 0.717) is 23.1 Å². The number of thiazole rings is 1. The lowest BCUT2D eigenvalue weighted by molar-refractivity contribution is -0.139. The number of carbonyl (C=O) groups is 1. The Morgan fingerprint density at radius 1 is 1.12 bits per heavy atom. The van der Waals surface area contributed by atoms with Crippen LogP contribution in [0.5, 0.6) is 11.5 Å². The molecule has 0 aliphatic carbocycles. The van der Waals surface area contributed by atoms with Crippen molar-refractivity contribution in [2.75, 3.05) is 6.61 Å². The maximum Gasteiger partial charge on any atom is 0.341 e. The van der Waals surface area contributed by atoms with Gasteiger partial charge < -0.3 is 14.6 Å². The maximum atomic E-state index is 10.5. The molecular weight excluding hydrogens is 362 g/mol. The lowest BCUT2D eigenvalue weighted by atomic mass is 10.2. The largest absolute Gasteiger partial charge is 0.486 e. The second kappa shape index (κ2) is 8.00. The van der Waals surface area contributed by atoms with Crippen LogP contribution < -0.4 is 9.47 Å². The van der Waals surface area contributed by atoms with Gasteiger partial charge in [-0.15, -0.1) is 11.3 Å². The molecule has 7 heteroatoms. The van der Waals surface area contributed by atoms with Gasteiger partial charge in [-0.25, -0.2) is 9.78 Å². The van der Waals surface area contributed by atoms with E-state index in [9.17, 15) is 4.79 Å². The van der Waals surface area contributed by atoms with Crippen LogP contribution in [0.25, 0.3) is 11.3 Å². The van der Waals surface area contributed by atoms with Gasteiger partial charge in [0.15, 0.2) is 6.61 Å². The number of benzene rings is 2. The summed E-state index contributed by atoms with van der Waals surface area (Å²) in [5, 5.41) is 12.0. The summed E-state index contributed by atoms with van der Waals surface area (Å²) in [4.78, 5) is 15.1. The van der Waals surface area contributed by atoms with Crippen molar-refractivity contribution in [1.29, 1.82) is 0 Å². The highest BCUT2D eigenvalue weighted by atomic mass is 35.5. The number of hydrogen-bond acceptors (Lipinski definition) is 5. The fraction of sp³-hybridized carbons (Fsp3) is 0.111. The molecule has 0 aliphatic rings. The van der Waals surface area contributed by atoms with Gasteiger partial charge in [-0.05, 0) is 18.2 Å². The van der Waals surface area contributed by atoms with Gasteiger partial charge in [-0.3, -0.25) is 0 Å². The predicted molar refractivity (Wildman–Crippen MR) is 96.5 cm³/mol. The van der Waals surface area contributed by atoms with Crippen molar-refractivity contribution in [3.05, 3.63) is 63.9 Å². The molecular formula is C18H14ClNO4S. The number of carboxylic acid groups (broad SMARTS) is 1. The number of ether oxygens (including phenoxy) is 2. The standard InChI is InChI=1S/C18H14ClNO4S/c19-15-7-2-1-6-14(15)16-11-25-17(20-16)9-23-12-4-3-5-13(8-12)24-10-18(21)22/h1-8,11H,9-10H2,(H,21,22). The zero-order chi connectivity index (χ0) is 17.6. The molecule has 1 heterocycles. The summed E-state index contributed by atoms with van der Waals surface area (Å²) < 4.78 is 10.8. The fourth-order valence-corrected chi connectivity index (χ4v) is 3.05. The average molecular weight is 376 g/mol. The van der Waals surface area contributed by atoms with Crippen LogP contribution in [0.3, 0.4) is 0 Å². The van der Waals surface area contributed by atoms with Gasteiger partial charge in [-0.2, -0.15) is 0 Å². The van der Waals surface area contributed by atoms with E-state index in [1.165, 1.54) is 11.3 Å². The van der Waals surface area contributed by atoms with Crippen LogP contribution in [0, 0.1) is 0 Å². The van der Waals surface area contributed by atoms with Crippen molar-refractivity contribution in [2.45, 2.75) is 6.61 Å².